The average molecular weight is 365 g/mol. The lowest BCUT2D eigenvalue weighted by molar-refractivity contribution is -0.126. The van der Waals surface area contributed by atoms with Gasteiger partial charge in [0.25, 0.3) is 5.91 Å². The van der Waals surface area contributed by atoms with Gasteiger partial charge in [-0.05, 0) is 23.3 Å². The Morgan fingerprint density at radius 2 is 1.85 bits per heavy atom. The Kier molecular flexibility index (Phi) is 5.91. The smallest absolute Gasteiger partial charge is 0.250 e. The number of H-pyrrole nitrogens is 1. The van der Waals surface area contributed by atoms with Crippen molar-refractivity contribution in [3.8, 4) is 11.3 Å². The number of nitrogens with zero attached hydrogens (tertiary/aromatic N) is 2. The summed E-state index contributed by atoms with van der Waals surface area (Å²) in [6, 6.07) is 13.6. The van der Waals surface area contributed by atoms with E-state index < -0.39 is 18.6 Å². The number of aliphatic hydroxyl groups is 1. The van der Waals surface area contributed by atoms with Crippen molar-refractivity contribution in [3.05, 3.63) is 66.5 Å². The zero-order valence-electron chi connectivity index (χ0n) is 14.4. The first-order valence-electron chi connectivity index (χ1n) is 8.36. The summed E-state index contributed by atoms with van der Waals surface area (Å²) in [6.07, 6.45) is 3.26. The van der Waals surface area contributed by atoms with Crippen molar-refractivity contribution in [3.63, 3.8) is 0 Å². The second-order valence-electron chi connectivity index (χ2n) is 5.86. The molecule has 8 heteroatoms. The van der Waals surface area contributed by atoms with Gasteiger partial charge in [-0.25, -0.2) is 0 Å². The summed E-state index contributed by atoms with van der Waals surface area (Å²) >= 11 is 0. The van der Waals surface area contributed by atoms with Crippen molar-refractivity contribution >= 4 is 17.6 Å². The molecule has 0 aliphatic carbocycles. The Hall–Kier alpha value is -3.52. The summed E-state index contributed by atoms with van der Waals surface area (Å²) < 4.78 is 0. The van der Waals surface area contributed by atoms with E-state index in [2.05, 4.69) is 25.8 Å². The van der Waals surface area contributed by atoms with E-state index >= 15 is 0 Å². The standard InChI is InChI=1S/C19H19N5O3/c25-12-16(21-18(26)10-13-6-8-20-9-7-13)19(27)22-17-11-15(23-24-17)14-4-2-1-3-5-14/h1-9,11,16,25H,10,12H2,(H,21,26)(H2,22,23,24,27). The molecule has 0 saturated carbocycles. The topological polar surface area (TPSA) is 120 Å². The molecule has 27 heavy (non-hydrogen) atoms. The number of amides is 2. The summed E-state index contributed by atoms with van der Waals surface area (Å²) in [5.41, 5.74) is 2.43. The Morgan fingerprint density at radius 1 is 1.11 bits per heavy atom. The lowest BCUT2D eigenvalue weighted by Crippen LogP contribution is -2.46. The van der Waals surface area contributed by atoms with Crippen LogP contribution in [0.25, 0.3) is 11.3 Å². The van der Waals surface area contributed by atoms with Gasteiger partial charge in [0.2, 0.25) is 5.91 Å². The zero-order chi connectivity index (χ0) is 19.1. The van der Waals surface area contributed by atoms with Crippen molar-refractivity contribution in [2.24, 2.45) is 0 Å². The molecule has 1 atom stereocenters. The van der Waals surface area contributed by atoms with E-state index in [1.54, 1.807) is 30.6 Å². The molecule has 3 rings (SSSR count). The first-order chi connectivity index (χ1) is 13.2. The molecule has 138 valence electrons. The molecule has 3 aromatic rings. The van der Waals surface area contributed by atoms with E-state index in [0.29, 0.717) is 5.82 Å². The van der Waals surface area contributed by atoms with Gasteiger partial charge >= 0.3 is 0 Å². The molecule has 2 aromatic heterocycles. The van der Waals surface area contributed by atoms with Crippen LogP contribution in [0.2, 0.25) is 0 Å². The number of aromatic amines is 1. The van der Waals surface area contributed by atoms with Crippen molar-refractivity contribution in [1.29, 1.82) is 0 Å². The zero-order valence-corrected chi connectivity index (χ0v) is 14.4. The molecular formula is C19H19N5O3. The molecule has 2 heterocycles. The van der Waals surface area contributed by atoms with Crippen LogP contribution in [0.3, 0.4) is 0 Å². The highest BCUT2D eigenvalue weighted by Gasteiger charge is 2.21. The lowest BCUT2D eigenvalue weighted by Gasteiger charge is -2.15. The number of aromatic nitrogens is 3. The van der Waals surface area contributed by atoms with Gasteiger partial charge in [0, 0.05) is 18.5 Å². The second kappa shape index (κ2) is 8.72. The fraction of sp³-hybridized carbons (Fsp3) is 0.158. The monoisotopic (exact) mass is 365 g/mol. The summed E-state index contributed by atoms with van der Waals surface area (Å²) in [5.74, 6) is -0.616. The van der Waals surface area contributed by atoms with E-state index in [4.69, 9.17) is 0 Å². The number of hydrogen-bond acceptors (Lipinski definition) is 5. The number of hydrogen-bond donors (Lipinski definition) is 4. The summed E-state index contributed by atoms with van der Waals surface area (Å²) in [7, 11) is 0. The maximum Gasteiger partial charge on any atom is 0.250 e. The van der Waals surface area contributed by atoms with Crippen LogP contribution in [0.4, 0.5) is 5.82 Å². The van der Waals surface area contributed by atoms with Gasteiger partial charge in [-0.2, -0.15) is 5.10 Å². The van der Waals surface area contributed by atoms with E-state index in [0.717, 1.165) is 16.8 Å². The van der Waals surface area contributed by atoms with Crippen LogP contribution >= 0.6 is 0 Å². The largest absolute Gasteiger partial charge is 0.394 e. The highest BCUT2D eigenvalue weighted by molar-refractivity contribution is 5.97. The predicted molar refractivity (Wildman–Crippen MR) is 99.6 cm³/mol. The summed E-state index contributed by atoms with van der Waals surface area (Å²) in [6.45, 7) is -0.524. The highest BCUT2D eigenvalue weighted by Crippen LogP contribution is 2.19. The minimum Gasteiger partial charge on any atom is -0.394 e. The third-order valence-corrected chi connectivity index (χ3v) is 3.86. The molecule has 0 aliphatic rings. The van der Waals surface area contributed by atoms with E-state index in [-0.39, 0.29) is 12.3 Å². The van der Waals surface area contributed by atoms with E-state index in [1.165, 1.54) is 0 Å². The fourth-order valence-electron chi connectivity index (χ4n) is 2.49. The maximum absolute atomic E-state index is 12.3. The first kappa shape index (κ1) is 18.3. The molecular weight excluding hydrogens is 346 g/mol. The van der Waals surface area contributed by atoms with Crippen molar-refractivity contribution in [2.75, 3.05) is 11.9 Å². The Labute approximate surface area is 155 Å². The Balaban J connectivity index is 1.59. The van der Waals surface area contributed by atoms with Crippen LogP contribution in [-0.4, -0.2) is 44.8 Å². The number of carbonyl (C=O) groups is 2. The first-order valence-corrected chi connectivity index (χ1v) is 8.36. The highest BCUT2D eigenvalue weighted by atomic mass is 16.3. The van der Waals surface area contributed by atoms with Crippen LogP contribution in [0.5, 0.6) is 0 Å². The number of nitrogens with one attached hydrogen (secondary N) is 3. The number of carbonyl (C=O) groups excluding carboxylic acids is 2. The molecule has 0 fully saturated rings. The molecule has 0 radical (unpaired) electrons. The van der Waals surface area contributed by atoms with Crippen LogP contribution in [0.15, 0.2) is 60.9 Å². The molecule has 1 aromatic carbocycles. The Morgan fingerprint density at radius 3 is 2.56 bits per heavy atom. The molecule has 0 aliphatic heterocycles. The van der Waals surface area contributed by atoms with Crippen LogP contribution in [0, 0.1) is 0 Å². The SMILES string of the molecule is O=C(Cc1ccncc1)NC(CO)C(=O)Nc1cc(-c2ccccc2)[nH]n1. The number of anilines is 1. The number of aliphatic hydroxyl groups excluding tert-OH is 1. The quantitative estimate of drug-likeness (QED) is 0.500. The Bertz CT molecular complexity index is 896. The average Bonchev–Trinajstić information content (AvgIpc) is 3.16. The van der Waals surface area contributed by atoms with Gasteiger partial charge in [0.05, 0.1) is 18.7 Å². The minimum atomic E-state index is -1.07. The van der Waals surface area contributed by atoms with Crippen LogP contribution in [0.1, 0.15) is 5.56 Å². The van der Waals surface area contributed by atoms with Crippen molar-refractivity contribution in [1.82, 2.24) is 20.5 Å². The maximum atomic E-state index is 12.3. The van der Waals surface area contributed by atoms with Gasteiger partial charge in [-0.15, -0.1) is 0 Å². The normalized spacial score (nSPS) is 11.6. The van der Waals surface area contributed by atoms with Crippen molar-refractivity contribution in [2.45, 2.75) is 12.5 Å². The third-order valence-electron chi connectivity index (χ3n) is 3.86. The molecule has 0 spiro atoms. The van der Waals surface area contributed by atoms with E-state index in [9.17, 15) is 14.7 Å². The molecule has 8 nitrogen and oxygen atoms in total. The van der Waals surface area contributed by atoms with Gasteiger partial charge in [-0.3, -0.25) is 19.7 Å². The van der Waals surface area contributed by atoms with Gasteiger partial charge in [0.15, 0.2) is 5.82 Å². The van der Waals surface area contributed by atoms with Crippen LogP contribution < -0.4 is 10.6 Å². The van der Waals surface area contributed by atoms with Gasteiger partial charge in [-0.1, -0.05) is 30.3 Å². The summed E-state index contributed by atoms with van der Waals surface area (Å²) in [4.78, 5) is 28.3. The van der Waals surface area contributed by atoms with Gasteiger partial charge < -0.3 is 15.7 Å². The summed E-state index contributed by atoms with van der Waals surface area (Å²) in [5, 5.41) is 21.4. The van der Waals surface area contributed by atoms with Gasteiger partial charge in [0.1, 0.15) is 6.04 Å². The molecule has 0 bridgehead atoms. The molecule has 1 unspecified atom stereocenters. The van der Waals surface area contributed by atoms with Crippen LogP contribution in [-0.2, 0) is 16.0 Å². The molecule has 4 N–H and O–H groups in total. The predicted octanol–water partition coefficient (Wildman–Crippen LogP) is 1.13. The fourth-order valence-corrected chi connectivity index (χ4v) is 2.49. The third kappa shape index (κ3) is 4.99. The molecule has 0 saturated heterocycles. The second-order valence-corrected chi connectivity index (χ2v) is 5.86. The number of pyridine rings is 1. The lowest BCUT2D eigenvalue weighted by atomic mass is 10.1. The minimum absolute atomic E-state index is 0.0901. The van der Waals surface area contributed by atoms with E-state index in [1.807, 2.05) is 30.3 Å². The molecule has 2 amide bonds. The number of rotatable bonds is 7. The number of benzene rings is 1. The van der Waals surface area contributed by atoms with Crippen molar-refractivity contribution < 1.29 is 14.7 Å².